The second-order valence-electron chi connectivity index (χ2n) is 9.90. The number of nitrogens with zero attached hydrogens (tertiary/aromatic N) is 5. The number of pyridine rings is 2. The number of nitrogens with one attached hydrogen (secondary N) is 1. The van der Waals surface area contributed by atoms with Crippen LogP contribution in [0.1, 0.15) is 24.2 Å². The first kappa shape index (κ1) is 30.1. The second-order valence-corrected chi connectivity index (χ2v) is 9.90. The molecular weight excluding hydrogens is 529 g/mol. The van der Waals surface area contributed by atoms with Crippen molar-refractivity contribution in [2.45, 2.75) is 19.0 Å². The average Bonchev–Trinajstić information content (AvgIpc) is 2.97. The van der Waals surface area contributed by atoms with Crippen LogP contribution < -0.4 is 21.5 Å². The van der Waals surface area contributed by atoms with Gasteiger partial charge in [0.25, 0.3) is 5.56 Å². The monoisotopic (exact) mass is 565 g/mol. The van der Waals surface area contributed by atoms with Crippen molar-refractivity contribution in [1.82, 2.24) is 19.8 Å². The summed E-state index contributed by atoms with van der Waals surface area (Å²) in [5, 5.41) is 12.3. The van der Waals surface area contributed by atoms with Gasteiger partial charge >= 0.3 is 0 Å². The topological polar surface area (TPSA) is 139 Å². The average molecular weight is 566 g/mol. The minimum atomic E-state index is -0.642. The lowest BCUT2D eigenvalue weighted by molar-refractivity contribution is -0.127. The fourth-order valence-corrected chi connectivity index (χ4v) is 5.09. The zero-order valence-electron chi connectivity index (χ0n) is 23.4. The fourth-order valence-electron chi connectivity index (χ4n) is 5.09. The van der Waals surface area contributed by atoms with Crippen molar-refractivity contribution in [2.75, 3.05) is 64.1 Å². The van der Waals surface area contributed by atoms with Gasteiger partial charge in [-0.1, -0.05) is 12.1 Å². The Morgan fingerprint density at radius 3 is 2.59 bits per heavy atom. The summed E-state index contributed by atoms with van der Waals surface area (Å²) in [6.07, 6.45) is 0. The van der Waals surface area contributed by atoms with E-state index in [0.29, 0.717) is 81.4 Å². The molecule has 1 aromatic carbocycles. The molecule has 0 saturated carbocycles. The van der Waals surface area contributed by atoms with Crippen LogP contribution in [0.2, 0.25) is 0 Å². The zero-order chi connectivity index (χ0) is 29.4. The van der Waals surface area contributed by atoms with Crippen molar-refractivity contribution in [3.63, 3.8) is 0 Å². The predicted molar refractivity (Wildman–Crippen MR) is 153 cm³/mol. The molecule has 218 valence electrons. The molecule has 1 amide bonds. The standard InChI is InChI=1S/C29H36FN7O4/c1-20-19-36(11-12-37(20)25-17-26(38)35(2)24-8-7-23(18-32)34-27(24)25)28(21-3-5-22(30)6-4-21)29(39)33-10-14-41-16-15-40-13-9-31/h3-8,17,20,28H,9-16,19,31H2,1-2H3,(H,33,39). The van der Waals surface area contributed by atoms with E-state index in [2.05, 4.69) is 26.2 Å². The van der Waals surface area contributed by atoms with Crippen molar-refractivity contribution in [1.29, 1.82) is 5.26 Å². The Hall–Kier alpha value is -3.89. The minimum absolute atomic E-state index is 0.0980. The molecular formula is C29H36FN7O4. The van der Waals surface area contributed by atoms with E-state index < -0.39 is 6.04 Å². The molecule has 41 heavy (non-hydrogen) atoms. The molecule has 1 aliphatic heterocycles. The van der Waals surface area contributed by atoms with E-state index in [1.54, 1.807) is 37.4 Å². The summed E-state index contributed by atoms with van der Waals surface area (Å²) in [6.45, 7) is 5.93. The highest BCUT2D eigenvalue weighted by molar-refractivity contribution is 5.89. The molecule has 12 heteroatoms. The Morgan fingerprint density at radius 1 is 1.17 bits per heavy atom. The molecule has 0 radical (unpaired) electrons. The van der Waals surface area contributed by atoms with Crippen LogP contribution in [0.5, 0.6) is 0 Å². The summed E-state index contributed by atoms with van der Waals surface area (Å²) in [5.41, 5.74) is 8.03. The second kappa shape index (κ2) is 14.1. The van der Waals surface area contributed by atoms with E-state index in [9.17, 15) is 19.2 Å². The quantitative estimate of drug-likeness (QED) is 0.311. The van der Waals surface area contributed by atoms with E-state index in [1.807, 2.05) is 6.92 Å². The van der Waals surface area contributed by atoms with Crippen molar-refractivity contribution < 1.29 is 18.7 Å². The van der Waals surface area contributed by atoms with Gasteiger partial charge in [0.2, 0.25) is 5.91 Å². The third kappa shape index (κ3) is 7.25. The van der Waals surface area contributed by atoms with Gasteiger partial charge in [-0.05, 0) is 36.8 Å². The van der Waals surface area contributed by atoms with Crippen molar-refractivity contribution >= 4 is 22.6 Å². The van der Waals surface area contributed by atoms with Gasteiger partial charge in [0.15, 0.2) is 0 Å². The van der Waals surface area contributed by atoms with Gasteiger partial charge in [-0.25, -0.2) is 9.37 Å². The molecule has 0 aliphatic carbocycles. The fraction of sp³-hybridized carbons (Fsp3) is 0.448. The number of amides is 1. The lowest BCUT2D eigenvalue weighted by atomic mass is 10.0. The first-order valence-corrected chi connectivity index (χ1v) is 13.6. The number of carbonyl (C=O) groups excluding carboxylic acids is 1. The number of halogens is 1. The molecule has 3 N–H and O–H groups in total. The molecule has 1 fully saturated rings. The van der Waals surface area contributed by atoms with Crippen LogP contribution in [0.15, 0.2) is 47.3 Å². The maximum Gasteiger partial charge on any atom is 0.252 e. The van der Waals surface area contributed by atoms with Crippen LogP contribution >= 0.6 is 0 Å². The van der Waals surface area contributed by atoms with Crippen molar-refractivity contribution in [2.24, 2.45) is 12.8 Å². The number of hydrogen-bond donors (Lipinski definition) is 2. The molecule has 0 spiro atoms. The highest BCUT2D eigenvalue weighted by Gasteiger charge is 2.34. The van der Waals surface area contributed by atoms with Crippen LogP contribution in [0.3, 0.4) is 0 Å². The summed E-state index contributed by atoms with van der Waals surface area (Å²) >= 11 is 0. The number of rotatable bonds is 12. The third-order valence-corrected chi connectivity index (χ3v) is 7.13. The number of anilines is 1. The van der Waals surface area contributed by atoms with Gasteiger partial charge in [-0.3, -0.25) is 14.5 Å². The number of fused-ring (bicyclic) bond motifs is 1. The normalized spacial score (nSPS) is 16.5. The number of aromatic nitrogens is 2. The summed E-state index contributed by atoms with van der Waals surface area (Å²) in [4.78, 5) is 34.9. The molecule has 1 aliphatic rings. The van der Waals surface area contributed by atoms with E-state index in [0.717, 1.165) is 0 Å². The van der Waals surface area contributed by atoms with Gasteiger partial charge in [0, 0.05) is 51.9 Å². The summed E-state index contributed by atoms with van der Waals surface area (Å²) in [6, 6.07) is 12.2. The lowest BCUT2D eigenvalue weighted by Crippen LogP contribution is -2.55. The van der Waals surface area contributed by atoms with E-state index in [-0.39, 0.29) is 29.0 Å². The molecule has 11 nitrogen and oxygen atoms in total. The Morgan fingerprint density at radius 2 is 1.90 bits per heavy atom. The molecule has 2 atom stereocenters. The number of carbonyl (C=O) groups is 1. The van der Waals surface area contributed by atoms with Crippen molar-refractivity contribution in [3.05, 3.63) is 69.9 Å². The van der Waals surface area contributed by atoms with Crippen LogP contribution in [-0.4, -0.2) is 85.6 Å². The van der Waals surface area contributed by atoms with Crippen LogP contribution in [-0.2, 0) is 21.3 Å². The van der Waals surface area contributed by atoms with E-state index >= 15 is 0 Å². The molecule has 1 saturated heterocycles. The maximum absolute atomic E-state index is 13.7. The van der Waals surface area contributed by atoms with Crippen LogP contribution in [0.4, 0.5) is 10.1 Å². The molecule has 0 bridgehead atoms. The maximum atomic E-state index is 13.7. The Balaban J connectivity index is 1.50. The lowest BCUT2D eigenvalue weighted by Gasteiger charge is -2.44. The Bertz CT molecular complexity index is 1440. The Labute approximate surface area is 238 Å². The van der Waals surface area contributed by atoms with E-state index in [1.165, 1.54) is 16.7 Å². The molecule has 3 heterocycles. The number of aryl methyl sites for hydroxylation is 1. The van der Waals surface area contributed by atoms with Crippen LogP contribution in [0, 0.1) is 17.1 Å². The number of hydrogen-bond acceptors (Lipinski definition) is 9. The molecule has 2 unspecified atom stereocenters. The minimum Gasteiger partial charge on any atom is -0.378 e. The van der Waals surface area contributed by atoms with Crippen LogP contribution in [0.25, 0.3) is 11.0 Å². The highest BCUT2D eigenvalue weighted by atomic mass is 19.1. The summed E-state index contributed by atoms with van der Waals surface area (Å²) < 4.78 is 26.0. The number of piperazine rings is 1. The van der Waals surface area contributed by atoms with Gasteiger partial charge < -0.3 is 30.0 Å². The first-order valence-electron chi connectivity index (χ1n) is 13.6. The van der Waals surface area contributed by atoms with Gasteiger partial charge in [-0.2, -0.15) is 5.26 Å². The molecule has 3 aromatic rings. The number of ether oxygens (including phenoxy) is 2. The smallest absolute Gasteiger partial charge is 0.252 e. The summed E-state index contributed by atoms with van der Waals surface area (Å²) in [7, 11) is 1.68. The molecule has 4 rings (SSSR count). The summed E-state index contributed by atoms with van der Waals surface area (Å²) in [5.74, 6) is -0.585. The van der Waals surface area contributed by atoms with E-state index in [4.69, 9.17) is 15.2 Å². The van der Waals surface area contributed by atoms with Gasteiger partial charge in [0.1, 0.15) is 29.1 Å². The van der Waals surface area contributed by atoms with Gasteiger partial charge in [0.05, 0.1) is 37.6 Å². The van der Waals surface area contributed by atoms with Gasteiger partial charge in [-0.15, -0.1) is 0 Å². The first-order chi connectivity index (χ1) is 19.8. The largest absolute Gasteiger partial charge is 0.378 e. The van der Waals surface area contributed by atoms with Crippen molar-refractivity contribution in [3.8, 4) is 6.07 Å². The number of nitriles is 1. The predicted octanol–water partition coefficient (Wildman–Crippen LogP) is 1.30. The zero-order valence-corrected chi connectivity index (χ0v) is 23.4. The number of benzene rings is 1. The SMILES string of the molecule is CC1CN(C(C(=O)NCCOCCOCCN)c2ccc(F)cc2)CCN1c1cc(=O)n(C)c2ccc(C#N)nc12. The third-order valence-electron chi connectivity index (χ3n) is 7.13. The molecule has 2 aromatic heterocycles. The highest BCUT2D eigenvalue weighted by Crippen LogP contribution is 2.30. The Kier molecular flexibility index (Phi) is 10.4. The number of nitrogens with two attached hydrogens (primary N) is 1.